The zero-order valence-corrected chi connectivity index (χ0v) is 22.9. The zero-order chi connectivity index (χ0) is 28.7. The van der Waals surface area contributed by atoms with E-state index in [1.54, 1.807) is 0 Å². The molecule has 0 saturated heterocycles. The number of amides is 2. The highest BCUT2D eigenvalue weighted by atomic mass is 35.5. The third-order valence-electron chi connectivity index (χ3n) is 6.90. The first-order valence-electron chi connectivity index (χ1n) is 12.1. The van der Waals surface area contributed by atoms with Crippen LogP contribution in [-0.4, -0.2) is 32.3 Å². The summed E-state index contributed by atoms with van der Waals surface area (Å²) in [7, 11) is 2.51. The van der Waals surface area contributed by atoms with Gasteiger partial charge in [0.05, 0.1) is 30.8 Å². The number of hydrogen-bond donors (Lipinski definition) is 2. The number of benzene rings is 3. The molecule has 1 aliphatic rings. The summed E-state index contributed by atoms with van der Waals surface area (Å²) in [6.45, 7) is 5.73. The zero-order valence-electron chi connectivity index (χ0n) is 22.2. The Hall–Kier alpha value is -3.85. The third-order valence-corrected chi connectivity index (χ3v) is 7.27. The molecular formula is C29H29ClF2N2O5. The maximum absolute atomic E-state index is 15.8. The molecule has 3 aromatic carbocycles. The minimum absolute atomic E-state index is 0.0302. The lowest BCUT2D eigenvalue weighted by molar-refractivity contribution is 0.000297. The Balaban J connectivity index is 2.06. The van der Waals surface area contributed by atoms with Crippen LogP contribution in [-0.2, 0) is 16.8 Å². The summed E-state index contributed by atoms with van der Waals surface area (Å²) >= 11 is 6.49. The van der Waals surface area contributed by atoms with E-state index in [1.165, 1.54) is 26.4 Å². The Bertz CT molecular complexity index is 1440. The molecule has 0 fully saturated rings. The first-order valence-corrected chi connectivity index (χ1v) is 12.5. The number of hydrogen-bond acceptors (Lipinski definition) is 5. The number of carbonyl (C=O) groups excluding carboxylic acids is 2. The topological polar surface area (TPSA) is 99.9 Å². The van der Waals surface area contributed by atoms with Gasteiger partial charge in [-0.1, -0.05) is 62.7 Å². The Labute approximate surface area is 230 Å². The van der Waals surface area contributed by atoms with Crippen molar-refractivity contribution in [3.05, 3.63) is 81.9 Å². The molecule has 3 aromatic rings. The van der Waals surface area contributed by atoms with Crippen LogP contribution < -0.4 is 20.5 Å². The maximum Gasteiger partial charge on any atom is 0.407 e. The molecule has 2 atom stereocenters. The van der Waals surface area contributed by atoms with Crippen molar-refractivity contribution in [2.45, 2.75) is 38.8 Å². The van der Waals surface area contributed by atoms with Gasteiger partial charge in [-0.3, -0.25) is 4.79 Å². The number of fused-ring (bicyclic) bond motifs is 1. The summed E-state index contributed by atoms with van der Waals surface area (Å²) in [5.74, 6) is -2.86. The van der Waals surface area contributed by atoms with Crippen LogP contribution in [0.15, 0.2) is 48.5 Å². The number of methoxy groups -OCH3 is 2. The molecule has 0 unspecified atom stereocenters. The van der Waals surface area contributed by atoms with Crippen molar-refractivity contribution in [3.63, 3.8) is 0 Å². The van der Waals surface area contributed by atoms with E-state index in [-0.39, 0.29) is 34.6 Å². The molecule has 0 aromatic heterocycles. The van der Waals surface area contributed by atoms with E-state index in [2.05, 4.69) is 5.32 Å². The molecule has 2 amide bonds. The molecule has 3 N–H and O–H groups in total. The van der Waals surface area contributed by atoms with Gasteiger partial charge in [-0.15, -0.1) is 0 Å². The highest BCUT2D eigenvalue weighted by Crippen LogP contribution is 2.53. The number of rotatable bonds is 6. The van der Waals surface area contributed by atoms with Gasteiger partial charge < -0.3 is 25.3 Å². The largest absolute Gasteiger partial charge is 0.494 e. The van der Waals surface area contributed by atoms with E-state index in [4.69, 9.17) is 31.5 Å². The molecule has 0 spiro atoms. The van der Waals surface area contributed by atoms with Gasteiger partial charge in [0, 0.05) is 29.2 Å². The first kappa shape index (κ1) is 28.2. The van der Waals surface area contributed by atoms with Crippen LogP contribution in [0.25, 0.3) is 11.1 Å². The van der Waals surface area contributed by atoms with Crippen molar-refractivity contribution in [2.75, 3.05) is 14.2 Å². The van der Waals surface area contributed by atoms with Crippen LogP contribution in [0, 0.1) is 17.0 Å². The van der Waals surface area contributed by atoms with Gasteiger partial charge in [0.25, 0.3) is 0 Å². The van der Waals surface area contributed by atoms with Gasteiger partial charge in [-0.2, -0.15) is 0 Å². The predicted molar refractivity (Wildman–Crippen MR) is 143 cm³/mol. The van der Waals surface area contributed by atoms with Crippen LogP contribution in [0.4, 0.5) is 13.6 Å². The molecular weight excluding hydrogens is 530 g/mol. The van der Waals surface area contributed by atoms with Crippen LogP contribution in [0.3, 0.4) is 0 Å². The fourth-order valence-corrected chi connectivity index (χ4v) is 5.51. The average Bonchev–Trinajstić information content (AvgIpc) is 3.27. The molecule has 1 heterocycles. The van der Waals surface area contributed by atoms with Crippen LogP contribution >= 0.6 is 11.6 Å². The van der Waals surface area contributed by atoms with E-state index in [0.717, 1.165) is 6.07 Å². The van der Waals surface area contributed by atoms with Gasteiger partial charge >= 0.3 is 6.09 Å². The van der Waals surface area contributed by atoms with Crippen LogP contribution in [0.2, 0.25) is 5.02 Å². The highest BCUT2D eigenvalue weighted by molar-refractivity contribution is 6.34. The SMILES string of the molecule is COC(=O)N[C@@H](C(C)(C)C)[C@@]1(c2ccccc2)Cc2c(cc(F)c(Cl)c2-c2c(C(N)=O)ccc(OC)c2F)O1. The Morgan fingerprint density at radius 3 is 2.33 bits per heavy atom. The lowest BCUT2D eigenvalue weighted by atomic mass is 9.70. The number of alkyl carbamates (subject to hydrolysis) is 1. The lowest BCUT2D eigenvalue weighted by Gasteiger charge is -2.44. The van der Waals surface area contributed by atoms with E-state index in [9.17, 15) is 9.59 Å². The van der Waals surface area contributed by atoms with E-state index in [1.807, 2.05) is 51.1 Å². The van der Waals surface area contributed by atoms with Gasteiger partial charge in [0.1, 0.15) is 11.6 Å². The van der Waals surface area contributed by atoms with Crippen molar-refractivity contribution in [3.8, 4) is 22.6 Å². The molecule has 1 aliphatic heterocycles. The second kappa shape index (κ2) is 10.4. The number of nitrogens with one attached hydrogen (secondary N) is 1. The summed E-state index contributed by atoms with van der Waals surface area (Å²) in [6.07, 6.45) is -0.660. The minimum atomic E-state index is -1.30. The van der Waals surface area contributed by atoms with Crippen molar-refractivity contribution in [2.24, 2.45) is 11.1 Å². The quantitative estimate of drug-likeness (QED) is 0.387. The van der Waals surface area contributed by atoms with E-state index >= 15 is 8.78 Å². The molecule has 10 heteroatoms. The summed E-state index contributed by atoms with van der Waals surface area (Å²) in [4.78, 5) is 24.9. The maximum atomic E-state index is 15.8. The monoisotopic (exact) mass is 558 g/mol. The minimum Gasteiger partial charge on any atom is -0.494 e. The third kappa shape index (κ3) is 4.87. The highest BCUT2D eigenvalue weighted by Gasteiger charge is 2.54. The average molecular weight is 559 g/mol. The normalized spacial score (nSPS) is 17.1. The Kier molecular flexibility index (Phi) is 7.49. The van der Waals surface area contributed by atoms with Gasteiger partial charge in [-0.05, 0) is 23.1 Å². The molecule has 39 heavy (non-hydrogen) atoms. The summed E-state index contributed by atoms with van der Waals surface area (Å²) in [6, 6.07) is 12.0. The fraction of sp³-hybridized carbons (Fsp3) is 0.310. The number of primary amides is 1. The van der Waals surface area contributed by atoms with E-state index in [0.29, 0.717) is 11.1 Å². The number of ether oxygens (including phenoxy) is 3. The number of nitrogens with two attached hydrogens (primary N) is 1. The Morgan fingerprint density at radius 1 is 1.10 bits per heavy atom. The molecule has 0 saturated carbocycles. The lowest BCUT2D eigenvalue weighted by Crippen LogP contribution is -2.59. The standard InChI is InChI=1S/C29H29ClF2N2O5/c1-28(2,3)26(34-27(36)38-5)29(15-9-7-6-8-10-15)14-17-20(39-29)13-18(31)23(30)21(17)22-16(25(33)35)11-12-19(37-4)24(22)32/h6-13,26H,14H2,1-5H3,(H2,33,35)(H,34,36)/t26-,29-/m0/s1. The molecule has 4 rings (SSSR count). The van der Waals surface area contributed by atoms with Crippen LogP contribution in [0.5, 0.6) is 11.5 Å². The summed E-state index contributed by atoms with van der Waals surface area (Å²) in [5.41, 5.74) is 4.08. The molecule has 0 radical (unpaired) electrons. The Morgan fingerprint density at radius 2 is 1.77 bits per heavy atom. The number of carbonyl (C=O) groups is 2. The summed E-state index contributed by atoms with van der Waals surface area (Å²) in [5, 5.41) is 2.48. The second-order valence-corrected chi connectivity index (χ2v) is 10.7. The van der Waals surface area contributed by atoms with Gasteiger partial charge in [0.15, 0.2) is 17.2 Å². The fourth-order valence-electron chi connectivity index (χ4n) is 5.25. The molecule has 206 valence electrons. The molecule has 0 aliphatic carbocycles. The predicted octanol–water partition coefficient (Wildman–Crippen LogP) is 5.99. The summed E-state index contributed by atoms with van der Waals surface area (Å²) < 4.78 is 47.8. The van der Waals surface area contributed by atoms with Crippen LogP contribution in [0.1, 0.15) is 42.3 Å². The van der Waals surface area contributed by atoms with Crippen molar-refractivity contribution >= 4 is 23.6 Å². The molecule has 0 bridgehead atoms. The second-order valence-electron chi connectivity index (χ2n) is 10.4. The smallest absolute Gasteiger partial charge is 0.407 e. The van der Waals surface area contributed by atoms with Crippen molar-refractivity contribution in [1.82, 2.24) is 5.32 Å². The van der Waals surface area contributed by atoms with Crippen molar-refractivity contribution in [1.29, 1.82) is 0 Å². The van der Waals surface area contributed by atoms with Gasteiger partial charge in [0.2, 0.25) is 5.91 Å². The van der Waals surface area contributed by atoms with Gasteiger partial charge in [-0.25, -0.2) is 13.6 Å². The first-order chi connectivity index (χ1) is 18.4. The molecule has 7 nitrogen and oxygen atoms in total. The van der Waals surface area contributed by atoms with Crippen molar-refractivity contribution < 1.29 is 32.6 Å². The number of halogens is 3. The van der Waals surface area contributed by atoms with E-state index < -0.39 is 45.7 Å².